The molecule has 0 amide bonds. The van der Waals surface area contributed by atoms with Crippen molar-refractivity contribution >= 4 is 0 Å². The molecule has 0 aliphatic carbocycles. The molecule has 0 saturated heterocycles. The molecule has 0 saturated carbocycles. The minimum absolute atomic E-state index is 0.651. The van der Waals surface area contributed by atoms with Gasteiger partial charge < -0.3 is 0 Å². The zero-order valence-corrected chi connectivity index (χ0v) is 13.6. The van der Waals surface area contributed by atoms with Gasteiger partial charge in [0.1, 0.15) is 0 Å². The Kier molecular flexibility index (Phi) is 13.1. The van der Waals surface area contributed by atoms with Crippen LogP contribution >= 0.6 is 0 Å². The number of hydrogen-bond donors (Lipinski definition) is 0. The lowest BCUT2D eigenvalue weighted by Crippen LogP contribution is -1.88. The van der Waals surface area contributed by atoms with Gasteiger partial charge in [-0.25, -0.2) is 0 Å². The Morgan fingerprint density at radius 3 is 2.37 bits per heavy atom. The highest BCUT2D eigenvalue weighted by molar-refractivity contribution is 5.16. The molecule has 0 rings (SSSR count). The Labute approximate surface area is 121 Å². The summed E-state index contributed by atoms with van der Waals surface area (Å²) in [5.74, 6) is 0.651. The molecule has 1 atom stereocenters. The van der Waals surface area contributed by atoms with Crippen molar-refractivity contribution in [2.24, 2.45) is 5.92 Å². The fourth-order valence-corrected chi connectivity index (χ4v) is 2.17. The van der Waals surface area contributed by atoms with E-state index < -0.39 is 0 Å². The quantitative estimate of drug-likeness (QED) is 0.217. The fourth-order valence-electron chi connectivity index (χ4n) is 2.17. The first-order chi connectivity index (χ1) is 9.20. The Morgan fingerprint density at radius 1 is 0.947 bits per heavy atom. The van der Waals surface area contributed by atoms with Gasteiger partial charge in [-0.2, -0.15) is 0 Å². The van der Waals surface area contributed by atoms with E-state index in [-0.39, 0.29) is 0 Å². The maximum absolute atomic E-state index is 2.37. The Hall–Kier alpha value is -0.780. The minimum atomic E-state index is 0.651. The van der Waals surface area contributed by atoms with E-state index in [4.69, 9.17) is 0 Å². The highest BCUT2D eigenvalue weighted by Crippen LogP contribution is 2.11. The third-order valence-electron chi connectivity index (χ3n) is 3.31. The summed E-state index contributed by atoms with van der Waals surface area (Å²) in [7, 11) is 0. The van der Waals surface area contributed by atoms with Crippen molar-refractivity contribution in [3.8, 4) is 0 Å². The van der Waals surface area contributed by atoms with Crippen LogP contribution in [0.1, 0.15) is 79.1 Å². The Balaban J connectivity index is 3.66. The minimum Gasteiger partial charge on any atom is -0.0885 e. The number of unbranched alkanes of at least 4 members (excludes halogenated alkanes) is 5. The van der Waals surface area contributed by atoms with E-state index in [0.717, 1.165) is 6.42 Å². The van der Waals surface area contributed by atoms with Crippen LogP contribution < -0.4 is 0 Å². The molecule has 0 heterocycles. The summed E-state index contributed by atoms with van der Waals surface area (Å²) in [6.07, 6.45) is 22.0. The first kappa shape index (κ1) is 18.2. The first-order valence-electron chi connectivity index (χ1n) is 8.20. The molecule has 0 aromatic rings. The maximum atomic E-state index is 2.37. The van der Waals surface area contributed by atoms with Crippen molar-refractivity contribution in [1.82, 2.24) is 0 Å². The highest BCUT2D eigenvalue weighted by Gasteiger charge is 1.94. The summed E-state index contributed by atoms with van der Waals surface area (Å²) in [4.78, 5) is 0. The standard InChI is InChI=1S/C19H34/c1-5-7-9-10-11-12-13-14-16-19(4)17-18(3)15-8-6-2/h8,13-15,17,19H,5-7,9-12,16H2,1-4H3. The van der Waals surface area contributed by atoms with Gasteiger partial charge in [0.15, 0.2) is 0 Å². The SMILES string of the molecule is CCC=CC(C)=CC(C)CC=CCCCCCCC. The monoisotopic (exact) mass is 262 g/mol. The summed E-state index contributed by atoms with van der Waals surface area (Å²) in [6, 6.07) is 0. The Morgan fingerprint density at radius 2 is 1.68 bits per heavy atom. The number of rotatable bonds is 11. The van der Waals surface area contributed by atoms with Crippen molar-refractivity contribution in [2.75, 3.05) is 0 Å². The molecule has 1 unspecified atom stereocenters. The number of hydrogen-bond acceptors (Lipinski definition) is 0. The van der Waals surface area contributed by atoms with Crippen molar-refractivity contribution < 1.29 is 0 Å². The summed E-state index contributed by atoms with van der Waals surface area (Å²) in [5, 5.41) is 0. The average Bonchev–Trinajstić information content (AvgIpc) is 2.39. The van der Waals surface area contributed by atoms with Crippen LogP contribution in [-0.2, 0) is 0 Å². The third kappa shape index (κ3) is 13.5. The normalized spacial score (nSPS) is 14.6. The zero-order chi connectivity index (χ0) is 14.3. The van der Waals surface area contributed by atoms with Crippen LogP contribution in [0.15, 0.2) is 36.0 Å². The van der Waals surface area contributed by atoms with Gasteiger partial charge in [0.25, 0.3) is 0 Å². The predicted molar refractivity (Wildman–Crippen MR) is 89.5 cm³/mol. The van der Waals surface area contributed by atoms with Gasteiger partial charge in [-0.1, -0.05) is 82.4 Å². The van der Waals surface area contributed by atoms with Crippen molar-refractivity contribution in [3.63, 3.8) is 0 Å². The van der Waals surface area contributed by atoms with Crippen molar-refractivity contribution in [3.05, 3.63) is 36.0 Å². The van der Waals surface area contributed by atoms with Crippen LogP contribution in [0.5, 0.6) is 0 Å². The van der Waals surface area contributed by atoms with Gasteiger partial charge in [-0.15, -0.1) is 0 Å². The average molecular weight is 262 g/mol. The summed E-state index contributed by atoms with van der Waals surface area (Å²) < 4.78 is 0. The molecule has 0 nitrogen and oxygen atoms in total. The molecular formula is C19H34. The van der Waals surface area contributed by atoms with Crippen molar-refractivity contribution in [1.29, 1.82) is 0 Å². The van der Waals surface area contributed by atoms with Crippen LogP contribution in [0, 0.1) is 5.92 Å². The van der Waals surface area contributed by atoms with E-state index in [9.17, 15) is 0 Å². The largest absolute Gasteiger partial charge is 0.0885 e. The van der Waals surface area contributed by atoms with Gasteiger partial charge in [0.05, 0.1) is 0 Å². The van der Waals surface area contributed by atoms with Gasteiger partial charge in [0, 0.05) is 0 Å². The molecule has 0 heteroatoms. The van der Waals surface area contributed by atoms with E-state index in [1.54, 1.807) is 0 Å². The molecule has 0 spiro atoms. The molecule has 0 aromatic heterocycles. The third-order valence-corrected chi connectivity index (χ3v) is 3.31. The van der Waals surface area contributed by atoms with Crippen LogP contribution in [0.3, 0.4) is 0 Å². The summed E-state index contributed by atoms with van der Waals surface area (Å²) >= 11 is 0. The van der Waals surface area contributed by atoms with E-state index in [0.29, 0.717) is 5.92 Å². The molecule has 0 aromatic carbocycles. The molecular weight excluding hydrogens is 228 g/mol. The number of allylic oxidation sites excluding steroid dienone is 6. The van der Waals surface area contributed by atoms with Crippen LogP contribution in [0.25, 0.3) is 0 Å². The topological polar surface area (TPSA) is 0 Å². The summed E-state index contributed by atoms with van der Waals surface area (Å²) in [6.45, 7) is 8.94. The fraction of sp³-hybridized carbons (Fsp3) is 0.684. The molecule has 0 N–H and O–H groups in total. The van der Waals surface area contributed by atoms with E-state index >= 15 is 0 Å². The lowest BCUT2D eigenvalue weighted by molar-refractivity contribution is 0.636. The van der Waals surface area contributed by atoms with Gasteiger partial charge in [-0.05, 0) is 38.5 Å². The molecule has 0 bridgehead atoms. The molecule has 19 heavy (non-hydrogen) atoms. The predicted octanol–water partition coefficient (Wildman–Crippen LogP) is 6.84. The second-order valence-electron chi connectivity index (χ2n) is 5.61. The van der Waals surface area contributed by atoms with Crippen molar-refractivity contribution in [2.45, 2.75) is 79.1 Å². The lowest BCUT2D eigenvalue weighted by atomic mass is 10.0. The Bertz CT molecular complexity index is 268. The first-order valence-corrected chi connectivity index (χ1v) is 8.20. The molecule has 0 aliphatic rings. The molecule has 0 aliphatic heterocycles. The smallest absolute Gasteiger partial charge is 0.0222 e. The van der Waals surface area contributed by atoms with Gasteiger partial charge in [0.2, 0.25) is 0 Å². The molecule has 0 fully saturated rings. The second-order valence-corrected chi connectivity index (χ2v) is 5.61. The van der Waals surface area contributed by atoms with E-state index in [1.165, 1.54) is 50.5 Å². The molecule has 110 valence electrons. The summed E-state index contributed by atoms with van der Waals surface area (Å²) in [5.41, 5.74) is 1.39. The van der Waals surface area contributed by atoms with E-state index in [2.05, 4.69) is 58.1 Å². The maximum Gasteiger partial charge on any atom is -0.0222 e. The van der Waals surface area contributed by atoms with Gasteiger partial charge in [-0.3, -0.25) is 0 Å². The second kappa shape index (κ2) is 13.6. The lowest BCUT2D eigenvalue weighted by Gasteiger charge is -2.03. The van der Waals surface area contributed by atoms with Crippen LogP contribution in [-0.4, -0.2) is 0 Å². The molecule has 0 radical (unpaired) electrons. The van der Waals surface area contributed by atoms with Gasteiger partial charge >= 0.3 is 0 Å². The van der Waals surface area contributed by atoms with Crippen LogP contribution in [0.4, 0.5) is 0 Å². The zero-order valence-electron chi connectivity index (χ0n) is 13.6. The highest BCUT2D eigenvalue weighted by atomic mass is 14.0. The van der Waals surface area contributed by atoms with E-state index in [1.807, 2.05) is 0 Å². The van der Waals surface area contributed by atoms with Crippen LogP contribution in [0.2, 0.25) is 0 Å².